The van der Waals surface area contributed by atoms with E-state index in [-0.39, 0.29) is 0 Å². The van der Waals surface area contributed by atoms with Crippen LogP contribution in [0.2, 0.25) is 5.02 Å². The van der Waals surface area contributed by atoms with Gasteiger partial charge in [0.2, 0.25) is 0 Å². The molecule has 0 saturated heterocycles. The number of hydrogen-bond donors (Lipinski definition) is 0. The van der Waals surface area contributed by atoms with Gasteiger partial charge in [-0.2, -0.15) is 0 Å². The average molecular weight is 254 g/mol. The van der Waals surface area contributed by atoms with Crippen molar-refractivity contribution < 1.29 is 4.42 Å². The molecule has 2 aromatic heterocycles. The maximum Gasteiger partial charge on any atom is 0.153 e. The molecule has 2 heterocycles. The maximum absolute atomic E-state index is 6.51. The number of halogens is 1. The Labute approximate surface area is 108 Å². The Balaban J connectivity index is 2.34. The van der Waals surface area contributed by atoms with Gasteiger partial charge < -0.3 is 4.42 Å². The van der Waals surface area contributed by atoms with Crippen LogP contribution < -0.4 is 0 Å². The van der Waals surface area contributed by atoms with Crippen LogP contribution in [-0.4, -0.2) is 4.98 Å². The fourth-order valence-corrected chi connectivity index (χ4v) is 2.76. The van der Waals surface area contributed by atoms with Gasteiger partial charge in [0.1, 0.15) is 5.58 Å². The molecule has 3 heteroatoms. The number of pyridine rings is 1. The van der Waals surface area contributed by atoms with Crippen LogP contribution in [0.3, 0.4) is 0 Å². The summed E-state index contributed by atoms with van der Waals surface area (Å²) in [6, 6.07) is 12.0. The predicted octanol–water partition coefficient (Wildman–Crippen LogP) is 4.79. The van der Waals surface area contributed by atoms with Crippen LogP contribution in [0, 0.1) is 0 Å². The number of nitrogens with zero attached hydrogens (tertiary/aromatic N) is 1. The summed E-state index contributed by atoms with van der Waals surface area (Å²) in [5, 5.41) is 4.85. The number of aromatic nitrogens is 1. The zero-order valence-corrected chi connectivity index (χ0v) is 10.1. The van der Waals surface area contributed by atoms with E-state index >= 15 is 0 Å². The Bertz CT molecular complexity index is 895. The summed E-state index contributed by atoms with van der Waals surface area (Å²) < 4.78 is 5.79. The Kier molecular flexibility index (Phi) is 1.91. The number of fused-ring (bicyclic) bond motifs is 4. The molecule has 0 radical (unpaired) electrons. The van der Waals surface area contributed by atoms with E-state index in [1.54, 1.807) is 12.4 Å². The quantitative estimate of drug-likeness (QED) is 0.450. The first-order valence-corrected chi connectivity index (χ1v) is 6.06. The standard InChI is InChI=1S/C15H8ClNO/c16-15-10-4-2-1-3-9(10)7-12-14(15)11-5-6-17-8-13(11)18-12/h1-8H. The van der Waals surface area contributed by atoms with Gasteiger partial charge in [-0.3, -0.25) is 4.98 Å². The van der Waals surface area contributed by atoms with Gasteiger partial charge in [-0.05, 0) is 17.5 Å². The third kappa shape index (κ3) is 1.21. The van der Waals surface area contributed by atoms with Gasteiger partial charge in [-0.25, -0.2) is 0 Å². The third-order valence-corrected chi connectivity index (χ3v) is 3.62. The van der Waals surface area contributed by atoms with Gasteiger partial charge in [0.25, 0.3) is 0 Å². The molecule has 4 rings (SSSR count). The second-order valence-corrected chi connectivity index (χ2v) is 4.64. The van der Waals surface area contributed by atoms with E-state index in [4.69, 9.17) is 16.0 Å². The average Bonchev–Trinajstić information content (AvgIpc) is 2.77. The van der Waals surface area contributed by atoms with Crippen molar-refractivity contribution in [2.24, 2.45) is 0 Å². The minimum atomic E-state index is 0.744. The van der Waals surface area contributed by atoms with Gasteiger partial charge >= 0.3 is 0 Å². The number of furan rings is 1. The predicted molar refractivity (Wildman–Crippen MR) is 74.0 cm³/mol. The smallest absolute Gasteiger partial charge is 0.153 e. The van der Waals surface area contributed by atoms with E-state index < -0.39 is 0 Å². The highest BCUT2D eigenvalue weighted by atomic mass is 35.5. The van der Waals surface area contributed by atoms with E-state index in [2.05, 4.69) is 4.98 Å². The van der Waals surface area contributed by atoms with Crippen molar-refractivity contribution in [3.63, 3.8) is 0 Å². The van der Waals surface area contributed by atoms with Crippen LogP contribution in [0.15, 0.2) is 53.2 Å². The highest BCUT2D eigenvalue weighted by Gasteiger charge is 2.12. The molecular formula is C15H8ClNO. The fraction of sp³-hybridized carbons (Fsp3) is 0. The van der Waals surface area contributed by atoms with Crippen LogP contribution in [0.4, 0.5) is 0 Å². The molecule has 0 atom stereocenters. The van der Waals surface area contributed by atoms with Gasteiger partial charge in [-0.1, -0.05) is 35.9 Å². The summed E-state index contributed by atoms with van der Waals surface area (Å²) in [6.07, 6.45) is 3.47. The molecule has 0 amide bonds. The van der Waals surface area contributed by atoms with Crippen molar-refractivity contribution in [1.29, 1.82) is 0 Å². The Hall–Kier alpha value is -2.06. The van der Waals surface area contributed by atoms with Crippen LogP contribution >= 0.6 is 11.6 Å². The topological polar surface area (TPSA) is 26.0 Å². The van der Waals surface area contributed by atoms with E-state index in [0.717, 1.165) is 37.7 Å². The van der Waals surface area contributed by atoms with Crippen LogP contribution in [0.1, 0.15) is 0 Å². The first-order chi connectivity index (χ1) is 8.84. The third-order valence-electron chi connectivity index (χ3n) is 3.22. The Morgan fingerprint density at radius 3 is 2.83 bits per heavy atom. The van der Waals surface area contributed by atoms with Crippen LogP contribution in [-0.2, 0) is 0 Å². The minimum Gasteiger partial charge on any atom is -0.454 e. The molecule has 0 spiro atoms. The first kappa shape index (κ1) is 9.92. The second kappa shape index (κ2) is 3.47. The lowest BCUT2D eigenvalue weighted by molar-refractivity contribution is 0.667. The molecule has 0 fully saturated rings. The van der Waals surface area contributed by atoms with Crippen molar-refractivity contribution in [2.45, 2.75) is 0 Å². The molecule has 0 N–H and O–H groups in total. The lowest BCUT2D eigenvalue weighted by Crippen LogP contribution is -1.76. The molecule has 0 saturated carbocycles. The van der Waals surface area contributed by atoms with Crippen molar-refractivity contribution in [2.75, 3.05) is 0 Å². The molecular weight excluding hydrogens is 246 g/mol. The highest BCUT2D eigenvalue weighted by Crippen LogP contribution is 2.38. The Morgan fingerprint density at radius 2 is 1.89 bits per heavy atom. The minimum absolute atomic E-state index is 0.744. The molecule has 0 aliphatic rings. The SMILES string of the molecule is Clc1c2ccccc2cc2oc3cnccc3c12. The molecule has 0 unspecified atom stereocenters. The highest BCUT2D eigenvalue weighted by molar-refractivity contribution is 6.42. The summed E-state index contributed by atoms with van der Waals surface area (Å²) in [5.74, 6) is 0. The van der Waals surface area contributed by atoms with Crippen LogP contribution in [0.25, 0.3) is 32.7 Å². The van der Waals surface area contributed by atoms with Crippen molar-refractivity contribution in [1.82, 2.24) is 4.98 Å². The van der Waals surface area contributed by atoms with Gasteiger partial charge in [0, 0.05) is 22.4 Å². The first-order valence-electron chi connectivity index (χ1n) is 5.68. The second-order valence-electron chi connectivity index (χ2n) is 4.26. The number of hydrogen-bond acceptors (Lipinski definition) is 2. The summed E-state index contributed by atoms with van der Waals surface area (Å²) >= 11 is 6.51. The van der Waals surface area contributed by atoms with Crippen molar-refractivity contribution >= 4 is 44.3 Å². The summed E-state index contributed by atoms with van der Waals surface area (Å²) in [6.45, 7) is 0. The lowest BCUT2D eigenvalue weighted by Gasteiger charge is -2.01. The largest absolute Gasteiger partial charge is 0.454 e. The van der Waals surface area contributed by atoms with E-state index in [1.807, 2.05) is 36.4 Å². The van der Waals surface area contributed by atoms with E-state index in [1.165, 1.54) is 0 Å². The molecule has 0 bridgehead atoms. The summed E-state index contributed by atoms with van der Waals surface area (Å²) in [4.78, 5) is 4.07. The van der Waals surface area contributed by atoms with Gasteiger partial charge in [0.15, 0.2) is 5.58 Å². The fourth-order valence-electron chi connectivity index (χ4n) is 2.40. The molecule has 2 nitrogen and oxygen atoms in total. The molecule has 4 aromatic rings. The molecule has 0 aliphatic carbocycles. The monoisotopic (exact) mass is 253 g/mol. The maximum atomic E-state index is 6.51. The normalized spacial score (nSPS) is 11.6. The zero-order valence-electron chi connectivity index (χ0n) is 9.35. The lowest BCUT2D eigenvalue weighted by atomic mass is 10.1. The van der Waals surface area contributed by atoms with Crippen molar-refractivity contribution in [3.8, 4) is 0 Å². The van der Waals surface area contributed by atoms with Gasteiger partial charge in [0.05, 0.1) is 11.2 Å². The van der Waals surface area contributed by atoms with Crippen molar-refractivity contribution in [3.05, 3.63) is 53.8 Å². The molecule has 0 aliphatic heterocycles. The van der Waals surface area contributed by atoms with Crippen LogP contribution in [0.5, 0.6) is 0 Å². The molecule has 18 heavy (non-hydrogen) atoms. The molecule has 2 aromatic carbocycles. The van der Waals surface area contributed by atoms with E-state index in [9.17, 15) is 0 Å². The zero-order chi connectivity index (χ0) is 12.1. The van der Waals surface area contributed by atoms with Gasteiger partial charge in [-0.15, -0.1) is 0 Å². The molecule has 86 valence electrons. The summed E-state index contributed by atoms with van der Waals surface area (Å²) in [5.41, 5.74) is 1.58. The number of benzene rings is 2. The Morgan fingerprint density at radius 1 is 1.00 bits per heavy atom. The summed E-state index contributed by atoms with van der Waals surface area (Å²) in [7, 11) is 0. The number of rotatable bonds is 0. The van der Waals surface area contributed by atoms with E-state index in [0.29, 0.717) is 0 Å².